The van der Waals surface area contributed by atoms with Crippen molar-refractivity contribution in [2.75, 3.05) is 20.8 Å². The zero-order valence-corrected chi connectivity index (χ0v) is 16.7. The van der Waals surface area contributed by atoms with Crippen LogP contribution in [0, 0.1) is 0 Å². The van der Waals surface area contributed by atoms with E-state index in [1.165, 1.54) is 17.0 Å². The van der Waals surface area contributed by atoms with Crippen LogP contribution in [-0.2, 0) is 15.1 Å². The van der Waals surface area contributed by atoms with E-state index in [1.54, 1.807) is 32.4 Å². The molecule has 2 aromatic rings. The number of halogens is 2. The Hall–Kier alpha value is -3.26. The number of hydrogen-bond donors (Lipinski definition) is 1. The van der Waals surface area contributed by atoms with Crippen LogP contribution in [0.1, 0.15) is 23.1 Å². The lowest BCUT2D eigenvalue weighted by Crippen LogP contribution is -2.41. The summed E-state index contributed by atoms with van der Waals surface area (Å²) in [6.45, 7) is -2.32. The average molecular weight is 415 g/mol. The molecular formula is C22H23F2N3O3. The van der Waals surface area contributed by atoms with Gasteiger partial charge in [-0.2, -0.15) is 8.78 Å². The number of methoxy groups -OCH3 is 1. The first-order chi connectivity index (χ1) is 14.4. The summed E-state index contributed by atoms with van der Waals surface area (Å²) < 4.78 is 34.4. The van der Waals surface area contributed by atoms with Crippen molar-refractivity contribution in [3.63, 3.8) is 0 Å². The molecule has 1 aliphatic heterocycles. The van der Waals surface area contributed by atoms with E-state index in [-0.39, 0.29) is 17.6 Å². The topological polar surface area (TPSA) is 77.2 Å². The van der Waals surface area contributed by atoms with E-state index in [0.29, 0.717) is 17.7 Å². The number of alkyl halides is 2. The number of carbonyl (C=O) groups excluding carboxylic acids is 1. The molecule has 1 aliphatic rings. The van der Waals surface area contributed by atoms with Gasteiger partial charge in [-0.15, -0.1) is 0 Å². The number of likely N-dealkylation sites (N-methyl/N-ethyl adjacent to an activating group) is 1. The normalized spacial score (nSPS) is 19.0. The highest BCUT2D eigenvalue weighted by Crippen LogP contribution is 2.40. The standard InChI is InChI=1S/C22H23F2N3O3/c1-27-19(28)22(26-21(27)25,16-9-11-18(12-10-16)30-20(23)24)17-8-5-7-15(14-17)6-3-4-13-29-2/h3,5-12,14,20H,4,13H2,1-2H3,(H2,25,26)/t22-/m0/s1. The van der Waals surface area contributed by atoms with Gasteiger partial charge in [0.15, 0.2) is 11.5 Å². The van der Waals surface area contributed by atoms with Crippen LogP contribution >= 0.6 is 0 Å². The van der Waals surface area contributed by atoms with Crippen molar-refractivity contribution < 1.29 is 23.0 Å². The van der Waals surface area contributed by atoms with E-state index in [9.17, 15) is 13.6 Å². The van der Waals surface area contributed by atoms with E-state index in [0.717, 1.165) is 12.0 Å². The number of amides is 1. The number of nitrogens with zero attached hydrogens (tertiary/aromatic N) is 2. The van der Waals surface area contributed by atoms with Crippen LogP contribution < -0.4 is 10.5 Å². The molecule has 0 spiro atoms. The van der Waals surface area contributed by atoms with Crippen LogP contribution in [0.4, 0.5) is 8.78 Å². The summed E-state index contributed by atoms with van der Waals surface area (Å²) in [6.07, 6.45) is 4.67. The quantitative estimate of drug-likeness (QED) is 0.671. The van der Waals surface area contributed by atoms with E-state index in [1.807, 2.05) is 30.4 Å². The summed E-state index contributed by atoms with van der Waals surface area (Å²) in [5, 5.41) is 0. The zero-order valence-electron chi connectivity index (χ0n) is 16.7. The predicted molar refractivity (Wildman–Crippen MR) is 110 cm³/mol. The maximum absolute atomic E-state index is 13.3. The van der Waals surface area contributed by atoms with Gasteiger partial charge in [-0.25, -0.2) is 4.99 Å². The van der Waals surface area contributed by atoms with Crippen molar-refractivity contribution in [2.45, 2.75) is 18.6 Å². The van der Waals surface area contributed by atoms with Gasteiger partial charge in [0, 0.05) is 20.8 Å². The third kappa shape index (κ3) is 4.18. The summed E-state index contributed by atoms with van der Waals surface area (Å²) in [7, 11) is 3.19. The van der Waals surface area contributed by atoms with Crippen LogP contribution in [0.15, 0.2) is 59.6 Å². The molecule has 8 heteroatoms. The molecule has 3 rings (SSSR count). The monoisotopic (exact) mass is 415 g/mol. The number of nitrogens with two attached hydrogens (primary N) is 1. The Kier molecular flexibility index (Phi) is 6.47. The second kappa shape index (κ2) is 9.04. The summed E-state index contributed by atoms with van der Waals surface area (Å²) in [6, 6.07) is 13.3. The van der Waals surface area contributed by atoms with E-state index >= 15 is 0 Å². The molecule has 0 bridgehead atoms. The Labute approximate surface area is 173 Å². The van der Waals surface area contributed by atoms with Crippen molar-refractivity contribution in [3.05, 3.63) is 71.3 Å². The molecule has 0 unspecified atom stereocenters. The Morgan fingerprint density at radius 3 is 2.53 bits per heavy atom. The third-order valence-corrected chi connectivity index (χ3v) is 4.84. The Balaban J connectivity index is 2.05. The van der Waals surface area contributed by atoms with Crippen molar-refractivity contribution in [3.8, 4) is 5.75 Å². The zero-order chi connectivity index (χ0) is 21.7. The minimum absolute atomic E-state index is 0.00511. The van der Waals surface area contributed by atoms with Gasteiger partial charge in [0.2, 0.25) is 0 Å². The first-order valence-electron chi connectivity index (χ1n) is 9.33. The molecule has 0 radical (unpaired) electrons. The van der Waals surface area contributed by atoms with Crippen molar-refractivity contribution in [1.82, 2.24) is 4.90 Å². The van der Waals surface area contributed by atoms with Crippen LogP contribution in [0.25, 0.3) is 6.08 Å². The fourth-order valence-corrected chi connectivity index (χ4v) is 3.33. The van der Waals surface area contributed by atoms with Gasteiger partial charge in [-0.05, 0) is 41.3 Å². The van der Waals surface area contributed by atoms with E-state index in [2.05, 4.69) is 9.73 Å². The van der Waals surface area contributed by atoms with Gasteiger partial charge >= 0.3 is 6.61 Å². The molecule has 0 aromatic heterocycles. The number of aliphatic imine (C=N–C) groups is 1. The summed E-state index contributed by atoms with van der Waals surface area (Å²) >= 11 is 0. The molecule has 0 aliphatic carbocycles. The van der Waals surface area contributed by atoms with Crippen molar-refractivity contribution >= 4 is 17.9 Å². The molecule has 1 amide bonds. The van der Waals surface area contributed by atoms with Crippen LogP contribution in [0.5, 0.6) is 5.75 Å². The van der Waals surface area contributed by atoms with Crippen LogP contribution in [0.2, 0.25) is 0 Å². The van der Waals surface area contributed by atoms with Crippen molar-refractivity contribution in [1.29, 1.82) is 0 Å². The van der Waals surface area contributed by atoms with Gasteiger partial charge < -0.3 is 15.2 Å². The number of benzene rings is 2. The molecule has 0 fully saturated rings. The minimum Gasteiger partial charge on any atom is -0.435 e. The van der Waals surface area contributed by atoms with Gasteiger partial charge in [0.1, 0.15) is 5.75 Å². The molecule has 2 N–H and O–H groups in total. The minimum atomic E-state index is -2.93. The van der Waals surface area contributed by atoms with Crippen LogP contribution in [-0.4, -0.2) is 44.1 Å². The molecule has 0 saturated heterocycles. The summed E-state index contributed by atoms with van der Waals surface area (Å²) in [4.78, 5) is 19.0. The molecule has 1 heterocycles. The highest BCUT2D eigenvalue weighted by Gasteiger charge is 2.49. The predicted octanol–water partition coefficient (Wildman–Crippen LogP) is 3.37. The Morgan fingerprint density at radius 1 is 1.20 bits per heavy atom. The number of rotatable bonds is 8. The van der Waals surface area contributed by atoms with Crippen LogP contribution in [0.3, 0.4) is 0 Å². The molecule has 158 valence electrons. The average Bonchev–Trinajstić information content (AvgIpc) is 2.96. The Bertz CT molecular complexity index is 960. The number of guanidine groups is 1. The lowest BCUT2D eigenvalue weighted by Gasteiger charge is -2.26. The molecule has 6 nitrogen and oxygen atoms in total. The SMILES string of the molecule is COCCC=Cc1cccc([C@]2(c3ccc(OC(F)F)cc3)N=C(N)N(C)C2=O)c1. The van der Waals surface area contributed by atoms with E-state index < -0.39 is 12.2 Å². The summed E-state index contributed by atoms with van der Waals surface area (Å²) in [5.41, 5.74) is 6.57. The highest BCUT2D eigenvalue weighted by molar-refractivity contribution is 6.09. The van der Waals surface area contributed by atoms with Gasteiger partial charge in [-0.3, -0.25) is 9.69 Å². The third-order valence-electron chi connectivity index (χ3n) is 4.84. The maximum Gasteiger partial charge on any atom is 0.387 e. The van der Waals surface area contributed by atoms with E-state index in [4.69, 9.17) is 10.5 Å². The van der Waals surface area contributed by atoms with Gasteiger partial charge in [0.25, 0.3) is 5.91 Å². The maximum atomic E-state index is 13.3. The second-order valence-corrected chi connectivity index (χ2v) is 6.76. The number of ether oxygens (including phenoxy) is 2. The van der Waals surface area contributed by atoms with Gasteiger partial charge in [-0.1, -0.05) is 42.5 Å². The lowest BCUT2D eigenvalue weighted by molar-refractivity contribution is -0.129. The number of carbonyl (C=O) groups is 1. The molecule has 2 aromatic carbocycles. The lowest BCUT2D eigenvalue weighted by atomic mass is 9.82. The molecule has 1 atom stereocenters. The highest BCUT2D eigenvalue weighted by atomic mass is 19.3. The largest absolute Gasteiger partial charge is 0.435 e. The second-order valence-electron chi connectivity index (χ2n) is 6.76. The number of hydrogen-bond acceptors (Lipinski definition) is 5. The fourth-order valence-electron chi connectivity index (χ4n) is 3.33. The molecule has 0 saturated carbocycles. The van der Waals surface area contributed by atoms with Crippen molar-refractivity contribution in [2.24, 2.45) is 10.7 Å². The first kappa shape index (κ1) is 21.4. The molecular weight excluding hydrogens is 392 g/mol. The fraction of sp³-hybridized carbons (Fsp3) is 0.273. The molecule has 30 heavy (non-hydrogen) atoms. The van der Waals surface area contributed by atoms with Gasteiger partial charge in [0.05, 0.1) is 0 Å². The summed E-state index contributed by atoms with van der Waals surface area (Å²) in [5.74, 6) is -0.258. The smallest absolute Gasteiger partial charge is 0.387 e. The Morgan fingerprint density at radius 2 is 1.93 bits per heavy atom. The first-order valence-corrected chi connectivity index (χ1v) is 9.33.